The second-order valence-corrected chi connectivity index (χ2v) is 6.71. The van der Waals surface area contributed by atoms with Crippen LogP contribution in [0, 0.1) is 11.3 Å². The molecular weight excluding hydrogens is 328 g/mol. The standard InChI is InChI=1S/C16H14N4O3S/c1-8(2)15-19-20-13(17)10(14(21)18-16(20)24-15)5-9-3-4-11-12(6-9)23-7-22-11/h3-6,8,17H,7H2,1-2H3. The summed E-state index contributed by atoms with van der Waals surface area (Å²) in [5.41, 5.74) is 0.942. The lowest BCUT2D eigenvalue weighted by Gasteiger charge is -2.20. The number of amidine groups is 2. The average Bonchev–Trinajstić information content (AvgIpc) is 3.17. The topological polar surface area (TPSA) is 87.3 Å². The highest BCUT2D eigenvalue weighted by molar-refractivity contribution is 8.27. The highest BCUT2D eigenvalue weighted by Crippen LogP contribution is 2.34. The zero-order chi connectivity index (χ0) is 16.8. The number of hydrazone groups is 1. The number of nitrogens with zero attached hydrogens (tertiary/aromatic N) is 3. The van der Waals surface area contributed by atoms with E-state index in [-0.39, 0.29) is 24.1 Å². The van der Waals surface area contributed by atoms with E-state index >= 15 is 0 Å². The van der Waals surface area contributed by atoms with E-state index in [1.165, 1.54) is 16.8 Å². The maximum Gasteiger partial charge on any atom is 0.283 e. The van der Waals surface area contributed by atoms with Crippen LogP contribution < -0.4 is 9.47 Å². The molecule has 3 aliphatic heterocycles. The van der Waals surface area contributed by atoms with Crippen LogP contribution in [-0.2, 0) is 4.79 Å². The molecule has 1 amide bonds. The lowest BCUT2D eigenvalue weighted by Crippen LogP contribution is -2.35. The number of amides is 1. The quantitative estimate of drug-likeness (QED) is 0.835. The van der Waals surface area contributed by atoms with Gasteiger partial charge in [0.1, 0.15) is 5.04 Å². The molecule has 1 aromatic carbocycles. The van der Waals surface area contributed by atoms with E-state index in [0.29, 0.717) is 16.7 Å². The summed E-state index contributed by atoms with van der Waals surface area (Å²) in [4.78, 5) is 16.4. The van der Waals surface area contributed by atoms with Gasteiger partial charge in [-0.25, -0.2) is 0 Å². The maximum absolute atomic E-state index is 12.3. The Kier molecular flexibility index (Phi) is 3.42. The number of rotatable bonds is 2. The van der Waals surface area contributed by atoms with Crippen LogP contribution in [0.25, 0.3) is 6.08 Å². The van der Waals surface area contributed by atoms with Crippen LogP contribution in [0.5, 0.6) is 11.5 Å². The first-order chi connectivity index (χ1) is 11.5. The number of hydrogen-bond acceptors (Lipinski definition) is 6. The number of ether oxygens (including phenoxy) is 2. The van der Waals surface area contributed by atoms with Gasteiger partial charge < -0.3 is 9.47 Å². The molecule has 0 radical (unpaired) electrons. The highest BCUT2D eigenvalue weighted by Gasteiger charge is 2.36. The molecule has 1 aromatic rings. The van der Waals surface area contributed by atoms with Crippen LogP contribution in [0.15, 0.2) is 33.9 Å². The molecule has 3 aliphatic rings. The smallest absolute Gasteiger partial charge is 0.283 e. The molecule has 0 saturated carbocycles. The van der Waals surface area contributed by atoms with Gasteiger partial charge in [-0.2, -0.15) is 15.1 Å². The van der Waals surface area contributed by atoms with Crippen molar-refractivity contribution in [1.82, 2.24) is 5.01 Å². The van der Waals surface area contributed by atoms with Gasteiger partial charge in [0.25, 0.3) is 5.91 Å². The molecule has 0 unspecified atom stereocenters. The van der Waals surface area contributed by atoms with Gasteiger partial charge in [0.15, 0.2) is 17.3 Å². The fourth-order valence-electron chi connectivity index (χ4n) is 2.41. The first kappa shape index (κ1) is 14.9. The van der Waals surface area contributed by atoms with Crippen molar-refractivity contribution >= 4 is 39.8 Å². The Morgan fingerprint density at radius 3 is 2.92 bits per heavy atom. The van der Waals surface area contributed by atoms with Crippen LogP contribution in [0.1, 0.15) is 19.4 Å². The third-order valence-electron chi connectivity index (χ3n) is 3.67. The van der Waals surface area contributed by atoms with Crippen molar-refractivity contribution < 1.29 is 14.3 Å². The van der Waals surface area contributed by atoms with Gasteiger partial charge in [0.05, 0.1) is 5.57 Å². The first-order valence-electron chi connectivity index (χ1n) is 7.42. The number of benzene rings is 1. The minimum absolute atomic E-state index is 0.0332. The Morgan fingerprint density at radius 2 is 2.12 bits per heavy atom. The number of aliphatic imine (C=N–C) groups is 1. The molecule has 0 aliphatic carbocycles. The van der Waals surface area contributed by atoms with Gasteiger partial charge in [-0.1, -0.05) is 19.9 Å². The summed E-state index contributed by atoms with van der Waals surface area (Å²) in [5.74, 6) is 1.11. The van der Waals surface area contributed by atoms with Crippen molar-refractivity contribution in [3.8, 4) is 11.5 Å². The lowest BCUT2D eigenvalue weighted by atomic mass is 10.1. The molecule has 122 valence electrons. The molecule has 8 heteroatoms. The van der Waals surface area contributed by atoms with Gasteiger partial charge in [-0.3, -0.25) is 10.2 Å². The van der Waals surface area contributed by atoms with Crippen molar-refractivity contribution in [1.29, 1.82) is 5.41 Å². The normalized spacial score (nSPS) is 20.6. The molecule has 0 atom stereocenters. The largest absolute Gasteiger partial charge is 0.454 e. The number of carbonyl (C=O) groups excluding carboxylic acids is 1. The minimum atomic E-state index is -0.434. The molecule has 0 fully saturated rings. The van der Waals surface area contributed by atoms with Crippen LogP contribution in [0.3, 0.4) is 0 Å². The van der Waals surface area contributed by atoms with Crippen LogP contribution in [0.4, 0.5) is 0 Å². The van der Waals surface area contributed by atoms with E-state index in [2.05, 4.69) is 10.1 Å². The monoisotopic (exact) mass is 342 g/mol. The number of fused-ring (bicyclic) bond motifs is 2. The predicted molar refractivity (Wildman–Crippen MR) is 92.4 cm³/mol. The predicted octanol–water partition coefficient (Wildman–Crippen LogP) is 2.69. The van der Waals surface area contributed by atoms with Gasteiger partial charge in [-0.15, -0.1) is 0 Å². The van der Waals surface area contributed by atoms with E-state index in [4.69, 9.17) is 14.9 Å². The second-order valence-electron chi connectivity index (χ2n) is 5.73. The van der Waals surface area contributed by atoms with E-state index in [0.717, 1.165) is 10.6 Å². The Hall–Kier alpha value is -2.61. The van der Waals surface area contributed by atoms with E-state index in [1.807, 2.05) is 19.9 Å². The lowest BCUT2D eigenvalue weighted by molar-refractivity contribution is -0.114. The van der Waals surface area contributed by atoms with E-state index in [1.54, 1.807) is 18.2 Å². The molecule has 3 heterocycles. The first-order valence-corrected chi connectivity index (χ1v) is 8.24. The number of carbonyl (C=O) groups is 1. The molecule has 24 heavy (non-hydrogen) atoms. The number of hydrogen-bond donors (Lipinski definition) is 1. The van der Waals surface area contributed by atoms with Crippen molar-refractivity contribution in [3.63, 3.8) is 0 Å². The van der Waals surface area contributed by atoms with Gasteiger partial charge >= 0.3 is 0 Å². The zero-order valence-corrected chi connectivity index (χ0v) is 13.9. The summed E-state index contributed by atoms with van der Waals surface area (Å²) in [7, 11) is 0. The molecule has 0 saturated heterocycles. The van der Waals surface area contributed by atoms with Crippen molar-refractivity contribution in [2.45, 2.75) is 13.8 Å². The Bertz CT molecular complexity index is 857. The Morgan fingerprint density at radius 1 is 1.33 bits per heavy atom. The summed E-state index contributed by atoms with van der Waals surface area (Å²) in [5, 5.41) is 15.4. The fourth-order valence-corrected chi connectivity index (χ4v) is 3.30. The van der Waals surface area contributed by atoms with Crippen molar-refractivity contribution in [2.24, 2.45) is 16.0 Å². The molecule has 4 rings (SSSR count). The van der Waals surface area contributed by atoms with Gasteiger partial charge in [-0.05, 0) is 35.5 Å². The van der Waals surface area contributed by atoms with Gasteiger partial charge in [0, 0.05) is 5.92 Å². The number of thioether (sulfide) groups is 1. The van der Waals surface area contributed by atoms with Crippen molar-refractivity contribution in [3.05, 3.63) is 29.3 Å². The average molecular weight is 342 g/mol. The van der Waals surface area contributed by atoms with E-state index < -0.39 is 5.91 Å². The number of nitrogens with one attached hydrogen (secondary N) is 1. The van der Waals surface area contributed by atoms with Crippen molar-refractivity contribution in [2.75, 3.05) is 6.79 Å². The second kappa shape index (κ2) is 5.48. The minimum Gasteiger partial charge on any atom is -0.454 e. The SMILES string of the molecule is CC(C)C1=NN2C(=N)C(=Cc3ccc4c(c3)OCO4)C(=O)N=C2S1. The summed E-state index contributed by atoms with van der Waals surface area (Å²) >= 11 is 1.34. The van der Waals surface area contributed by atoms with Gasteiger partial charge in [0.2, 0.25) is 12.0 Å². The van der Waals surface area contributed by atoms with Crippen LogP contribution >= 0.6 is 11.8 Å². The maximum atomic E-state index is 12.3. The van der Waals surface area contributed by atoms with Crippen LogP contribution in [0.2, 0.25) is 0 Å². The molecule has 7 nitrogen and oxygen atoms in total. The zero-order valence-electron chi connectivity index (χ0n) is 13.1. The Labute approximate surface area is 142 Å². The molecular formula is C16H14N4O3S. The third kappa shape index (κ3) is 2.39. The molecule has 0 spiro atoms. The summed E-state index contributed by atoms with van der Waals surface area (Å²) in [6.07, 6.45) is 1.63. The summed E-state index contributed by atoms with van der Waals surface area (Å²) in [6.45, 7) is 4.22. The molecule has 0 bridgehead atoms. The van der Waals surface area contributed by atoms with Crippen LogP contribution in [-0.4, -0.2) is 33.8 Å². The summed E-state index contributed by atoms with van der Waals surface area (Å²) in [6, 6.07) is 5.36. The Balaban J connectivity index is 1.69. The third-order valence-corrected chi connectivity index (χ3v) is 4.88. The molecule has 0 aromatic heterocycles. The molecule has 1 N–H and O–H groups in total. The highest BCUT2D eigenvalue weighted by atomic mass is 32.2. The van der Waals surface area contributed by atoms with E-state index in [9.17, 15) is 4.79 Å². The summed E-state index contributed by atoms with van der Waals surface area (Å²) < 4.78 is 10.6. The fraction of sp³-hybridized carbons (Fsp3) is 0.250.